The number of piperazine rings is 1. The molecule has 0 spiro atoms. The second kappa shape index (κ2) is 6.04. The molecule has 19 heavy (non-hydrogen) atoms. The van der Waals surface area contributed by atoms with Crippen LogP contribution in [-0.4, -0.2) is 43.0 Å². The smallest absolute Gasteiger partial charge is 0.231 e. The van der Waals surface area contributed by atoms with Gasteiger partial charge in [0.15, 0.2) is 0 Å². The quantitative estimate of drug-likeness (QED) is 0.809. The van der Waals surface area contributed by atoms with Gasteiger partial charge in [0.2, 0.25) is 5.91 Å². The van der Waals surface area contributed by atoms with E-state index in [1.54, 1.807) is 0 Å². The van der Waals surface area contributed by atoms with Crippen molar-refractivity contribution in [2.75, 3.05) is 31.1 Å². The summed E-state index contributed by atoms with van der Waals surface area (Å²) in [7, 11) is 0. The zero-order valence-electron chi connectivity index (χ0n) is 11.4. The van der Waals surface area contributed by atoms with Gasteiger partial charge in [-0.3, -0.25) is 9.69 Å². The van der Waals surface area contributed by atoms with Gasteiger partial charge in [-0.05, 0) is 24.6 Å². The van der Waals surface area contributed by atoms with Crippen LogP contribution < -0.4 is 16.4 Å². The van der Waals surface area contributed by atoms with Crippen LogP contribution in [0.3, 0.4) is 0 Å². The van der Waals surface area contributed by atoms with Crippen LogP contribution in [0, 0.1) is 0 Å². The number of carbonyl (C=O) groups excluding carboxylic acids is 1. The number of carbonyl (C=O) groups is 1. The lowest BCUT2D eigenvalue weighted by atomic mass is 10.1. The van der Waals surface area contributed by atoms with Crippen LogP contribution in [0.4, 0.5) is 5.69 Å². The molecule has 5 nitrogen and oxygen atoms in total. The van der Waals surface area contributed by atoms with Gasteiger partial charge in [-0.25, -0.2) is 0 Å². The van der Waals surface area contributed by atoms with E-state index in [4.69, 9.17) is 11.5 Å². The Morgan fingerprint density at radius 3 is 2.84 bits per heavy atom. The minimum atomic E-state index is -0.259. The molecule has 0 radical (unpaired) electrons. The molecule has 1 amide bonds. The highest BCUT2D eigenvalue weighted by molar-refractivity contribution is 5.76. The third-order valence-electron chi connectivity index (χ3n) is 3.57. The van der Waals surface area contributed by atoms with Crippen LogP contribution in [0.2, 0.25) is 0 Å². The molecule has 0 aromatic heterocycles. The largest absolute Gasteiger partial charge is 0.369 e. The summed E-state index contributed by atoms with van der Waals surface area (Å²) in [6.07, 6.45) is 0. The van der Waals surface area contributed by atoms with E-state index in [9.17, 15) is 4.79 Å². The standard InChI is InChI=1S/C14H22N4O/c1-11-9-17(10-14(16)19)5-6-18(11)13-4-2-3-12(7-13)8-15/h2-4,7,11H,5-6,8-10,15H2,1H3,(H2,16,19). The van der Waals surface area contributed by atoms with Crippen LogP contribution in [0.1, 0.15) is 12.5 Å². The predicted octanol–water partition coefficient (Wildman–Crippen LogP) is 0.141. The average Bonchev–Trinajstić information content (AvgIpc) is 2.38. The number of hydrogen-bond acceptors (Lipinski definition) is 4. The van der Waals surface area contributed by atoms with E-state index in [1.165, 1.54) is 5.69 Å². The molecule has 0 saturated carbocycles. The fraction of sp³-hybridized carbons (Fsp3) is 0.500. The van der Waals surface area contributed by atoms with Crippen molar-refractivity contribution in [1.82, 2.24) is 4.90 Å². The van der Waals surface area contributed by atoms with Gasteiger partial charge in [-0.15, -0.1) is 0 Å². The van der Waals surface area contributed by atoms with E-state index in [1.807, 2.05) is 12.1 Å². The minimum Gasteiger partial charge on any atom is -0.369 e. The SMILES string of the molecule is CC1CN(CC(N)=O)CCN1c1cccc(CN)c1. The normalized spacial score (nSPS) is 20.5. The molecule has 1 heterocycles. The number of nitrogens with zero attached hydrogens (tertiary/aromatic N) is 2. The minimum absolute atomic E-state index is 0.259. The maximum atomic E-state index is 11.0. The molecular weight excluding hydrogens is 240 g/mol. The highest BCUT2D eigenvalue weighted by atomic mass is 16.1. The molecule has 104 valence electrons. The number of hydrogen-bond donors (Lipinski definition) is 2. The lowest BCUT2D eigenvalue weighted by Crippen LogP contribution is -2.53. The Balaban J connectivity index is 2.04. The van der Waals surface area contributed by atoms with Gasteiger partial charge in [0, 0.05) is 37.9 Å². The van der Waals surface area contributed by atoms with Gasteiger partial charge in [0.1, 0.15) is 0 Å². The van der Waals surface area contributed by atoms with E-state index in [0.717, 1.165) is 25.2 Å². The third-order valence-corrected chi connectivity index (χ3v) is 3.57. The van der Waals surface area contributed by atoms with Crippen molar-refractivity contribution in [2.45, 2.75) is 19.5 Å². The maximum Gasteiger partial charge on any atom is 0.231 e. The summed E-state index contributed by atoms with van der Waals surface area (Å²) in [6, 6.07) is 8.69. The first-order valence-corrected chi connectivity index (χ1v) is 6.66. The summed E-state index contributed by atoms with van der Waals surface area (Å²) in [5.41, 5.74) is 13.3. The van der Waals surface area contributed by atoms with E-state index in [0.29, 0.717) is 19.1 Å². The van der Waals surface area contributed by atoms with Crippen LogP contribution in [0.15, 0.2) is 24.3 Å². The first-order valence-electron chi connectivity index (χ1n) is 6.66. The summed E-state index contributed by atoms with van der Waals surface area (Å²) in [5.74, 6) is -0.259. The molecule has 1 atom stereocenters. The summed E-state index contributed by atoms with van der Waals surface area (Å²) < 4.78 is 0. The van der Waals surface area contributed by atoms with Crippen molar-refractivity contribution in [3.63, 3.8) is 0 Å². The van der Waals surface area contributed by atoms with Gasteiger partial charge in [0.25, 0.3) is 0 Å². The number of anilines is 1. The van der Waals surface area contributed by atoms with Crippen LogP contribution in [0.5, 0.6) is 0 Å². The molecule has 1 aromatic carbocycles. The first-order chi connectivity index (χ1) is 9.10. The molecule has 1 fully saturated rings. The third kappa shape index (κ3) is 3.45. The van der Waals surface area contributed by atoms with Crippen molar-refractivity contribution >= 4 is 11.6 Å². The second-order valence-electron chi connectivity index (χ2n) is 5.12. The first kappa shape index (κ1) is 13.8. The Bertz CT molecular complexity index is 449. The van der Waals surface area contributed by atoms with Crippen LogP contribution in [0.25, 0.3) is 0 Å². The average molecular weight is 262 g/mol. The fourth-order valence-electron chi connectivity index (χ4n) is 2.64. The van der Waals surface area contributed by atoms with Gasteiger partial charge >= 0.3 is 0 Å². The predicted molar refractivity (Wildman–Crippen MR) is 76.8 cm³/mol. The number of benzene rings is 1. The number of amides is 1. The lowest BCUT2D eigenvalue weighted by Gasteiger charge is -2.41. The van der Waals surface area contributed by atoms with Gasteiger partial charge < -0.3 is 16.4 Å². The van der Waals surface area contributed by atoms with Crippen LogP contribution in [-0.2, 0) is 11.3 Å². The maximum absolute atomic E-state index is 11.0. The molecule has 1 aromatic rings. The fourth-order valence-corrected chi connectivity index (χ4v) is 2.64. The Kier molecular flexibility index (Phi) is 4.39. The van der Waals surface area contributed by atoms with Crippen molar-refractivity contribution in [2.24, 2.45) is 11.5 Å². The molecule has 1 unspecified atom stereocenters. The summed E-state index contributed by atoms with van der Waals surface area (Å²) in [4.78, 5) is 15.4. The Morgan fingerprint density at radius 2 is 2.21 bits per heavy atom. The zero-order valence-corrected chi connectivity index (χ0v) is 11.4. The van der Waals surface area contributed by atoms with Crippen molar-refractivity contribution < 1.29 is 4.79 Å². The Morgan fingerprint density at radius 1 is 1.42 bits per heavy atom. The number of rotatable bonds is 4. The molecule has 1 aliphatic heterocycles. The second-order valence-corrected chi connectivity index (χ2v) is 5.12. The molecular formula is C14H22N4O. The highest BCUT2D eigenvalue weighted by Gasteiger charge is 2.24. The van der Waals surface area contributed by atoms with Gasteiger partial charge in [-0.2, -0.15) is 0 Å². The van der Waals surface area contributed by atoms with Crippen molar-refractivity contribution in [3.05, 3.63) is 29.8 Å². The number of nitrogens with two attached hydrogens (primary N) is 2. The molecule has 2 rings (SSSR count). The number of primary amides is 1. The molecule has 1 saturated heterocycles. The molecule has 1 aliphatic rings. The summed E-state index contributed by atoms with van der Waals surface area (Å²) >= 11 is 0. The lowest BCUT2D eigenvalue weighted by molar-refractivity contribution is -0.119. The zero-order chi connectivity index (χ0) is 13.8. The van der Waals surface area contributed by atoms with E-state index in [2.05, 4.69) is 28.9 Å². The highest BCUT2D eigenvalue weighted by Crippen LogP contribution is 2.21. The molecule has 5 heteroatoms. The Hall–Kier alpha value is -1.59. The molecule has 4 N–H and O–H groups in total. The summed E-state index contributed by atoms with van der Waals surface area (Å²) in [6.45, 7) is 5.70. The molecule has 0 bridgehead atoms. The Labute approximate surface area is 114 Å². The van der Waals surface area contributed by atoms with Crippen molar-refractivity contribution in [3.8, 4) is 0 Å². The monoisotopic (exact) mass is 262 g/mol. The molecule has 0 aliphatic carbocycles. The van der Waals surface area contributed by atoms with Crippen molar-refractivity contribution in [1.29, 1.82) is 0 Å². The summed E-state index contributed by atoms with van der Waals surface area (Å²) in [5, 5.41) is 0. The topological polar surface area (TPSA) is 75.6 Å². The van der Waals surface area contributed by atoms with Crippen LogP contribution >= 0.6 is 0 Å². The van der Waals surface area contributed by atoms with E-state index < -0.39 is 0 Å². The van der Waals surface area contributed by atoms with E-state index >= 15 is 0 Å². The van der Waals surface area contributed by atoms with Gasteiger partial charge in [0.05, 0.1) is 6.54 Å². The van der Waals surface area contributed by atoms with Gasteiger partial charge in [-0.1, -0.05) is 12.1 Å². The van der Waals surface area contributed by atoms with E-state index in [-0.39, 0.29) is 5.91 Å².